The van der Waals surface area contributed by atoms with Crippen LogP contribution in [0.1, 0.15) is 18.1 Å². The van der Waals surface area contributed by atoms with Crippen LogP contribution in [0.5, 0.6) is 5.75 Å². The largest absolute Gasteiger partial charge is 0.507 e. The van der Waals surface area contributed by atoms with E-state index in [1.54, 1.807) is 25.1 Å². The summed E-state index contributed by atoms with van der Waals surface area (Å²) in [6.45, 7) is 1.74. The molecule has 0 radical (unpaired) electrons. The molecule has 0 fully saturated rings. The second-order valence-corrected chi connectivity index (χ2v) is 5.56. The molecule has 0 aliphatic carbocycles. The van der Waals surface area contributed by atoms with E-state index in [0.717, 1.165) is 16.3 Å². The second kappa shape index (κ2) is 6.96. The Morgan fingerprint density at radius 1 is 1.00 bits per heavy atom. The zero-order valence-corrected chi connectivity index (χ0v) is 13.4. The van der Waals surface area contributed by atoms with Gasteiger partial charge in [-0.25, -0.2) is 5.43 Å². The number of hydrogen-bond donors (Lipinski definition) is 2. The highest BCUT2D eigenvalue weighted by Crippen LogP contribution is 2.19. The van der Waals surface area contributed by atoms with Gasteiger partial charge in [0, 0.05) is 5.56 Å². The first-order valence-corrected chi connectivity index (χ1v) is 7.73. The Labute approximate surface area is 140 Å². The van der Waals surface area contributed by atoms with Crippen LogP contribution < -0.4 is 5.43 Å². The number of rotatable bonds is 4. The predicted molar refractivity (Wildman–Crippen MR) is 96.1 cm³/mol. The summed E-state index contributed by atoms with van der Waals surface area (Å²) in [5.74, 6) is -0.0526. The van der Waals surface area contributed by atoms with Gasteiger partial charge in [-0.05, 0) is 35.4 Å². The van der Waals surface area contributed by atoms with Gasteiger partial charge < -0.3 is 5.11 Å². The summed E-state index contributed by atoms with van der Waals surface area (Å²) >= 11 is 0. The van der Waals surface area contributed by atoms with Gasteiger partial charge in [-0.2, -0.15) is 5.10 Å². The summed E-state index contributed by atoms with van der Waals surface area (Å²) in [5.41, 5.74) is 4.67. The van der Waals surface area contributed by atoms with Gasteiger partial charge >= 0.3 is 0 Å². The summed E-state index contributed by atoms with van der Waals surface area (Å²) in [6, 6.07) is 20.8. The highest BCUT2D eigenvalue weighted by atomic mass is 16.3. The first-order valence-electron chi connectivity index (χ1n) is 7.73. The minimum atomic E-state index is -0.193. The molecule has 0 atom stereocenters. The molecule has 0 bridgehead atoms. The van der Waals surface area contributed by atoms with Crippen LogP contribution in [-0.4, -0.2) is 16.7 Å². The Bertz CT molecular complexity index is 911. The molecule has 0 aliphatic rings. The number of nitrogens with one attached hydrogen (secondary N) is 1. The molecule has 0 saturated carbocycles. The van der Waals surface area contributed by atoms with E-state index in [-0.39, 0.29) is 18.1 Å². The molecule has 120 valence electrons. The second-order valence-electron chi connectivity index (χ2n) is 5.56. The minimum Gasteiger partial charge on any atom is -0.507 e. The number of benzene rings is 3. The zero-order valence-electron chi connectivity index (χ0n) is 13.4. The van der Waals surface area contributed by atoms with Gasteiger partial charge in [-0.15, -0.1) is 0 Å². The number of hydrazone groups is 1. The molecular formula is C20H18N2O2. The highest BCUT2D eigenvalue weighted by molar-refractivity contribution is 6.01. The summed E-state index contributed by atoms with van der Waals surface area (Å²) < 4.78 is 0. The number of hydrogen-bond acceptors (Lipinski definition) is 3. The quantitative estimate of drug-likeness (QED) is 0.570. The van der Waals surface area contributed by atoms with Crippen molar-refractivity contribution in [1.82, 2.24) is 5.43 Å². The van der Waals surface area contributed by atoms with E-state index in [1.165, 1.54) is 0 Å². The highest BCUT2D eigenvalue weighted by Gasteiger charge is 2.07. The van der Waals surface area contributed by atoms with Crippen molar-refractivity contribution in [2.75, 3.05) is 0 Å². The molecule has 0 unspecified atom stereocenters. The standard InChI is InChI=1S/C20H18N2O2/c1-14(17-10-4-5-12-19(17)23)21-22-20(24)13-16-9-6-8-15-7-2-3-11-18(15)16/h2-12,23H,13H2,1H3,(H,22,24). The molecule has 0 aromatic heterocycles. The van der Waals surface area contributed by atoms with Crippen molar-refractivity contribution in [1.29, 1.82) is 0 Å². The van der Waals surface area contributed by atoms with Gasteiger partial charge in [0.05, 0.1) is 12.1 Å². The Hall–Kier alpha value is -3.14. The van der Waals surface area contributed by atoms with E-state index in [0.29, 0.717) is 11.3 Å². The molecule has 1 amide bonds. The molecule has 3 rings (SSSR count). The van der Waals surface area contributed by atoms with Crippen LogP contribution in [0.3, 0.4) is 0 Å². The van der Waals surface area contributed by atoms with Gasteiger partial charge in [0.1, 0.15) is 5.75 Å². The molecule has 0 spiro atoms. The number of carbonyl (C=O) groups excluding carboxylic acids is 1. The SMILES string of the molecule is CC(=NNC(=O)Cc1cccc2ccccc12)c1ccccc1O. The molecule has 0 aliphatic heterocycles. The fourth-order valence-electron chi connectivity index (χ4n) is 2.65. The monoisotopic (exact) mass is 318 g/mol. The van der Waals surface area contributed by atoms with Crippen LogP contribution in [0.15, 0.2) is 71.8 Å². The Balaban J connectivity index is 1.74. The van der Waals surface area contributed by atoms with Crippen LogP contribution in [0.2, 0.25) is 0 Å². The van der Waals surface area contributed by atoms with Gasteiger partial charge in [-0.1, -0.05) is 54.6 Å². The zero-order chi connectivity index (χ0) is 16.9. The van der Waals surface area contributed by atoms with Crippen LogP contribution in [0.4, 0.5) is 0 Å². The van der Waals surface area contributed by atoms with Gasteiger partial charge in [-0.3, -0.25) is 4.79 Å². The summed E-state index contributed by atoms with van der Waals surface area (Å²) in [5, 5.41) is 16.1. The van der Waals surface area contributed by atoms with Crippen molar-refractivity contribution in [2.45, 2.75) is 13.3 Å². The first kappa shape index (κ1) is 15.7. The van der Waals surface area contributed by atoms with Crippen molar-refractivity contribution < 1.29 is 9.90 Å². The number of phenols is 1. The Kier molecular flexibility index (Phi) is 4.57. The topological polar surface area (TPSA) is 61.7 Å². The number of para-hydroxylation sites is 1. The third-order valence-corrected chi connectivity index (χ3v) is 3.87. The van der Waals surface area contributed by atoms with E-state index in [9.17, 15) is 9.90 Å². The maximum Gasteiger partial charge on any atom is 0.244 e. The molecule has 0 heterocycles. The summed E-state index contributed by atoms with van der Waals surface area (Å²) in [6.07, 6.45) is 0.249. The molecule has 2 N–H and O–H groups in total. The average Bonchev–Trinajstić information content (AvgIpc) is 2.60. The van der Waals surface area contributed by atoms with Gasteiger partial charge in [0.2, 0.25) is 5.91 Å². The van der Waals surface area contributed by atoms with Crippen molar-refractivity contribution in [3.05, 3.63) is 77.9 Å². The lowest BCUT2D eigenvalue weighted by Crippen LogP contribution is -2.21. The van der Waals surface area contributed by atoms with Crippen molar-refractivity contribution in [3.63, 3.8) is 0 Å². The van der Waals surface area contributed by atoms with Crippen molar-refractivity contribution >= 4 is 22.4 Å². The van der Waals surface area contributed by atoms with Crippen molar-refractivity contribution in [2.24, 2.45) is 5.10 Å². The fraction of sp³-hybridized carbons (Fsp3) is 0.100. The smallest absolute Gasteiger partial charge is 0.244 e. The van der Waals surface area contributed by atoms with E-state index in [2.05, 4.69) is 10.5 Å². The van der Waals surface area contributed by atoms with Crippen LogP contribution in [0, 0.1) is 0 Å². The molecule has 24 heavy (non-hydrogen) atoms. The third kappa shape index (κ3) is 3.43. The van der Waals surface area contributed by atoms with Crippen LogP contribution >= 0.6 is 0 Å². The fourth-order valence-corrected chi connectivity index (χ4v) is 2.65. The van der Waals surface area contributed by atoms with Gasteiger partial charge in [0.15, 0.2) is 0 Å². The Morgan fingerprint density at radius 2 is 1.71 bits per heavy atom. The number of carbonyl (C=O) groups is 1. The van der Waals surface area contributed by atoms with Gasteiger partial charge in [0.25, 0.3) is 0 Å². The lowest BCUT2D eigenvalue weighted by Gasteiger charge is -2.07. The molecule has 4 heteroatoms. The normalized spacial score (nSPS) is 11.5. The Morgan fingerprint density at radius 3 is 2.54 bits per heavy atom. The average molecular weight is 318 g/mol. The lowest BCUT2D eigenvalue weighted by atomic mass is 10.0. The number of phenolic OH excluding ortho intramolecular Hbond substituents is 1. The molecule has 3 aromatic carbocycles. The van der Waals surface area contributed by atoms with Crippen molar-refractivity contribution in [3.8, 4) is 5.75 Å². The van der Waals surface area contributed by atoms with E-state index >= 15 is 0 Å². The van der Waals surface area contributed by atoms with E-state index in [4.69, 9.17) is 0 Å². The summed E-state index contributed by atoms with van der Waals surface area (Å²) in [7, 11) is 0. The number of amides is 1. The van der Waals surface area contributed by atoms with Crippen LogP contribution in [0.25, 0.3) is 10.8 Å². The summed E-state index contributed by atoms with van der Waals surface area (Å²) in [4.78, 5) is 12.2. The third-order valence-electron chi connectivity index (χ3n) is 3.87. The van der Waals surface area contributed by atoms with E-state index in [1.807, 2.05) is 48.5 Å². The number of nitrogens with zero attached hydrogens (tertiary/aromatic N) is 1. The first-order chi connectivity index (χ1) is 11.6. The molecule has 4 nitrogen and oxygen atoms in total. The van der Waals surface area contributed by atoms with E-state index < -0.39 is 0 Å². The lowest BCUT2D eigenvalue weighted by molar-refractivity contribution is -0.120. The minimum absolute atomic E-state index is 0.141. The predicted octanol–water partition coefficient (Wildman–Crippen LogP) is 3.63. The van der Waals surface area contributed by atoms with Crippen LogP contribution in [-0.2, 0) is 11.2 Å². The molecule has 0 saturated heterocycles. The number of fused-ring (bicyclic) bond motifs is 1. The molecule has 3 aromatic rings. The number of aromatic hydroxyl groups is 1. The maximum atomic E-state index is 12.2. The maximum absolute atomic E-state index is 12.2. The molecular weight excluding hydrogens is 300 g/mol.